The fourth-order valence-corrected chi connectivity index (χ4v) is 3.49. The Kier molecular flexibility index (Phi) is 6.28. The molecule has 1 amide bonds. The average molecular weight is 271 g/mol. The van der Waals surface area contributed by atoms with E-state index in [1.807, 2.05) is 0 Å². The number of alkyl halides is 1. The number of nitrogens with zero attached hydrogens (tertiary/aromatic N) is 1. The first-order valence-electron chi connectivity index (χ1n) is 5.04. The molecule has 0 spiro atoms. The van der Waals surface area contributed by atoms with Crippen LogP contribution in [0.25, 0.3) is 0 Å². The van der Waals surface area contributed by atoms with Gasteiger partial charge in [-0.3, -0.25) is 4.79 Å². The smallest absolute Gasteiger partial charge is 0.232 e. The highest BCUT2D eigenvalue weighted by Gasteiger charge is 2.27. The molecule has 1 unspecified atom stereocenters. The van der Waals surface area contributed by atoms with Crippen molar-refractivity contribution < 1.29 is 13.2 Å². The zero-order valence-corrected chi connectivity index (χ0v) is 11.4. The van der Waals surface area contributed by atoms with E-state index in [1.54, 1.807) is 20.8 Å². The van der Waals surface area contributed by atoms with Crippen LogP contribution in [0.2, 0.25) is 0 Å². The Labute approximate surface area is 102 Å². The van der Waals surface area contributed by atoms with Crippen LogP contribution in [-0.2, 0) is 14.8 Å². The second kappa shape index (κ2) is 6.42. The number of amides is 1. The first-order valence-corrected chi connectivity index (χ1v) is 7.18. The third kappa shape index (κ3) is 5.14. The summed E-state index contributed by atoms with van der Waals surface area (Å²) in [5.41, 5.74) is 5.02. The molecule has 1 atom stereocenters. The molecule has 0 saturated heterocycles. The van der Waals surface area contributed by atoms with Crippen molar-refractivity contribution >= 4 is 27.5 Å². The summed E-state index contributed by atoms with van der Waals surface area (Å²) in [5, 5.41) is 0. The Bertz CT molecular complexity index is 330. The van der Waals surface area contributed by atoms with Gasteiger partial charge in [0.25, 0.3) is 0 Å². The summed E-state index contributed by atoms with van der Waals surface area (Å²) in [7, 11) is -3.48. The molecule has 0 radical (unpaired) electrons. The van der Waals surface area contributed by atoms with Crippen molar-refractivity contribution in [2.75, 3.05) is 18.2 Å². The maximum absolute atomic E-state index is 11.9. The molecule has 0 saturated carbocycles. The summed E-state index contributed by atoms with van der Waals surface area (Å²) in [6.45, 7) is 4.86. The molecule has 0 fully saturated rings. The molecule has 96 valence electrons. The summed E-state index contributed by atoms with van der Waals surface area (Å²) >= 11 is 5.57. The van der Waals surface area contributed by atoms with Gasteiger partial charge in [-0.25, -0.2) is 8.42 Å². The predicted octanol–water partition coefficient (Wildman–Crippen LogP) is 0.387. The average Bonchev–Trinajstić information content (AvgIpc) is 2.12. The van der Waals surface area contributed by atoms with E-state index in [0.29, 0.717) is 0 Å². The van der Waals surface area contributed by atoms with Crippen LogP contribution in [-0.4, -0.2) is 42.8 Å². The first kappa shape index (κ1) is 15.7. The van der Waals surface area contributed by atoms with Gasteiger partial charge in [0, 0.05) is 11.9 Å². The minimum absolute atomic E-state index is 0.0675. The zero-order chi connectivity index (χ0) is 12.9. The van der Waals surface area contributed by atoms with Gasteiger partial charge in [-0.1, -0.05) is 6.92 Å². The van der Waals surface area contributed by atoms with Crippen LogP contribution in [0.5, 0.6) is 0 Å². The van der Waals surface area contributed by atoms with Gasteiger partial charge in [-0.05, 0) is 19.8 Å². The molecule has 5 nitrogen and oxygen atoms in total. The van der Waals surface area contributed by atoms with Gasteiger partial charge in [-0.2, -0.15) is 4.31 Å². The first-order chi connectivity index (χ1) is 7.20. The summed E-state index contributed by atoms with van der Waals surface area (Å²) in [4.78, 5) is 10.8. The summed E-state index contributed by atoms with van der Waals surface area (Å²) in [5.74, 6) is -0.611. The van der Waals surface area contributed by atoms with Crippen LogP contribution in [0, 0.1) is 5.92 Å². The van der Waals surface area contributed by atoms with Crippen LogP contribution in [0.4, 0.5) is 0 Å². The second-order valence-corrected chi connectivity index (χ2v) is 6.42. The highest BCUT2D eigenvalue weighted by atomic mass is 35.5. The number of halogens is 1. The standard InChI is InChI=1S/C9H19ClN2O3S/c1-7(2)12(5-9(11)13)16(14,15)6-8(3)4-10/h7-8H,4-6H2,1-3H3,(H2,11,13). The second-order valence-electron chi connectivity index (χ2n) is 4.14. The van der Waals surface area contributed by atoms with Crippen LogP contribution >= 0.6 is 11.6 Å². The van der Waals surface area contributed by atoms with Gasteiger partial charge >= 0.3 is 0 Å². The van der Waals surface area contributed by atoms with E-state index in [9.17, 15) is 13.2 Å². The van der Waals surface area contributed by atoms with Crippen molar-refractivity contribution in [1.29, 1.82) is 0 Å². The van der Waals surface area contributed by atoms with E-state index < -0.39 is 15.9 Å². The normalized spacial score (nSPS) is 14.4. The van der Waals surface area contributed by atoms with E-state index >= 15 is 0 Å². The summed E-state index contributed by atoms with van der Waals surface area (Å²) < 4.78 is 25.0. The largest absolute Gasteiger partial charge is 0.369 e. The van der Waals surface area contributed by atoms with Gasteiger partial charge in [0.05, 0.1) is 12.3 Å². The lowest BCUT2D eigenvalue weighted by atomic mass is 10.3. The van der Waals surface area contributed by atoms with Gasteiger partial charge in [0.2, 0.25) is 15.9 Å². The molecular formula is C9H19ClN2O3S. The highest BCUT2D eigenvalue weighted by molar-refractivity contribution is 7.89. The third-order valence-electron chi connectivity index (χ3n) is 2.00. The van der Waals surface area contributed by atoms with Crippen LogP contribution in [0.1, 0.15) is 20.8 Å². The van der Waals surface area contributed by atoms with Crippen molar-refractivity contribution in [2.45, 2.75) is 26.8 Å². The van der Waals surface area contributed by atoms with Crippen LogP contribution in [0.15, 0.2) is 0 Å². The SMILES string of the molecule is CC(CCl)CS(=O)(=O)N(CC(N)=O)C(C)C. The highest BCUT2D eigenvalue weighted by Crippen LogP contribution is 2.12. The number of nitrogens with two attached hydrogens (primary N) is 1. The maximum atomic E-state index is 11.9. The summed E-state index contributed by atoms with van der Waals surface area (Å²) in [6.07, 6.45) is 0. The van der Waals surface area contributed by atoms with Gasteiger partial charge in [-0.15, -0.1) is 11.6 Å². The molecule has 0 rings (SSSR count). The molecular weight excluding hydrogens is 252 g/mol. The number of hydrogen-bond acceptors (Lipinski definition) is 3. The monoisotopic (exact) mass is 270 g/mol. The minimum Gasteiger partial charge on any atom is -0.369 e. The predicted molar refractivity (Wildman–Crippen MR) is 64.7 cm³/mol. The number of sulfonamides is 1. The zero-order valence-electron chi connectivity index (χ0n) is 9.81. The van der Waals surface area contributed by atoms with Crippen LogP contribution < -0.4 is 5.73 Å². The van der Waals surface area contributed by atoms with Gasteiger partial charge < -0.3 is 5.73 Å². The number of primary amides is 1. The van der Waals surface area contributed by atoms with Crippen molar-refractivity contribution in [3.05, 3.63) is 0 Å². The molecule has 0 aromatic carbocycles. The van der Waals surface area contributed by atoms with Crippen molar-refractivity contribution in [2.24, 2.45) is 11.7 Å². The fraction of sp³-hybridized carbons (Fsp3) is 0.889. The lowest BCUT2D eigenvalue weighted by molar-refractivity contribution is -0.118. The van der Waals surface area contributed by atoms with E-state index in [1.165, 1.54) is 0 Å². The summed E-state index contributed by atoms with van der Waals surface area (Å²) in [6, 6.07) is -0.292. The molecule has 0 bridgehead atoms. The van der Waals surface area contributed by atoms with Crippen molar-refractivity contribution in [3.63, 3.8) is 0 Å². The van der Waals surface area contributed by atoms with Crippen LogP contribution in [0.3, 0.4) is 0 Å². The molecule has 0 aromatic heterocycles. The molecule has 0 aliphatic rings. The van der Waals surface area contributed by atoms with E-state index in [2.05, 4.69) is 0 Å². The van der Waals surface area contributed by atoms with E-state index in [0.717, 1.165) is 4.31 Å². The molecule has 16 heavy (non-hydrogen) atoms. The fourth-order valence-electron chi connectivity index (χ4n) is 1.26. The van der Waals surface area contributed by atoms with E-state index in [-0.39, 0.29) is 30.1 Å². The Hall–Kier alpha value is -0.330. The lowest BCUT2D eigenvalue weighted by Gasteiger charge is -2.25. The lowest BCUT2D eigenvalue weighted by Crippen LogP contribution is -2.44. The quantitative estimate of drug-likeness (QED) is 0.680. The molecule has 2 N–H and O–H groups in total. The Morgan fingerprint density at radius 1 is 1.38 bits per heavy atom. The Morgan fingerprint density at radius 3 is 2.19 bits per heavy atom. The van der Waals surface area contributed by atoms with Crippen molar-refractivity contribution in [3.8, 4) is 0 Å². The number of carbonyl (C=O) groups excluding carboxylic acids is 1. The number of carbonyl (C=O) groups is 1. The van der Waals surface area contributed by atoms with E-state index in [4.69, 9.17) is 17.3 Å². The molecule has 0 aliphatic carbocycles. The minimum atomic E-state index is -3.48. The maximum Gasteiger partial charge on any atom is 0.232 e. The molecule has 0 heterocycles. The number of rotatable bonds is 7. The third-order valence-corrected chi connectivity index (χ3v) is 4.79. The molecule has 7 heteroatoms. The number of hydrogen-bond donors (Lipinski definition) is 1. The Morgan fingerprint density at radius 2 is 1.88 bits per heavy atom. The van der Waals surface area contributed by atoms with Crippen molar-refractivity contribution in [1.82, 2.24) is 4.31 Å². The molecule has 0 aliphatic heterocycles. The molecule has 0 aromatic rings. The van der Waals surface area contributed by atoms with Gasteiger partial charge in [0.1, 0.15) is 0 Å². The Balaban J connectivity index is 4.83. The topological polar surface area (TPSA) is 80.5 Å². The van der Waals surface area contributed by atoms with Gasteiger partial charge in [0.15, 0.2) is 0 Å².